The van der Waals surface area contributed by atoms with Crippen molar-refractivity contribution in [2.45, 2.75) is 39.0 Å². The molecule has 5 aromatic carbocycles. The van der Waals surface area contributed by atoms with E-state index >= 15 is 0 Å². The van der Waals surface area contributed by atoms with Crippen LogP contribution < -0.4 is 10.7 Å². The third kappa shape index (κ3) is 5.24. The lowest BCUT2D eigenvalue weighted by Crippen LogP contribution is -2.38. The Morgan fingerprint density at radius 3 is 1.63 bits per heavy atom. The third-order valence-corrected chi connectivity index (χ3v) is 11.6. The van der Waals surface area contributed by atoms with E-state index < -0.39 is 0 Å². The number of hydrogen-bond donors (Lipinski definition) is 0. The molecule has 4 aromatic heterocycles. The van der Waals surface area contributed by atoms with Crippen LogP contribution in [0.4, 0.5) is 0 Å². The average Bonchev–Trinajstić information content (AvgIpc) is 4.07. The van der Waals surface area contributed by atoms with Crippen molar-refractivity contribution in [3.8, 4) is 57.1 Å². The maximum atomic E-state index is 5.70. The first-order chi connectivity index (χ1) is 27.8. The molecule has 0 amide bonds. The Bertz CT molecular complexity index is 3120. The van der Waals surface area contributed by atoms with Gasteiger partial charge in [0.25, 0.3) is 0 Å². The number of rotatable bonds is 6. The number of para-hydroxylation sites is 2. The first kappa shape index (κ1) is 33.2. The smallest absolute Gasteiger partial charge is 0.247 e. The Balaban J connectivity index is 1.06. The van der Waals surface area contributed by atoms with Crippen LogP contribution in [0.3, 0.4) is 0 Å². The van der Waals surface area contributed by atoms with Gasteiger partial charge in [0.05, 0.1) is 21.7 Å². The highest BCUT2D eigenvalue weighted by atomic mass is 16.4. The minimum Gasteiger partial charge on any atom is -0.421 e. The van der Waals surface area contributed by atoms with Crippen LogP contribution in [-0.4, -0.2) is 39.5 Å². The quantitative estimate of drug-likeness (QED) is 0.167. The summed E-state index contributed by atoms with van der Waals surface area (Å²) in [4.78, 5) is 10.7. The van der Waals surface area contributed by atoms with Gasteiger partial charge in [-0.25, -0.2) is 9.97 Å². The second kappa shape index (κ2) is 12.4. The van der Waals surface area contributed by atoms with Crippen LogP contribution in [0.15, 0.2) is 130 Å². The summed E-state index contributed by atoms with van der Waals surface area (Å²) in [7, 11) is 0. The Hall–Kier alpha value is -7.20. The van der Waals surface area contributed by atoms with Gasteiger partial charge in [-0.15, -0.1) is 20.4 Å². The van der Waals surface area contributed by atoms with Gasteiger partial charge in [-0.05, 0) is 89.2 Å². The molecule has 0 spiro atoms. The lowest BCUT2D eigenvalue weighted by molar-refractivity contribution is 0.421. The van der Waals surface area contributed by atoms with Gasteiger partial charge in [0.2, 0.25) is 23.6 Å². The van der Waals surface area contributed by atoms with Gasteiger partial charge in [0.15, 0.2) is 0 Å². The zero-order valence-electron chi connectivity index (χ0n) is 31.8. The third-order valence-electron chi connectivity index (χ3n) is 11.6. The van der Waals surface area contributed by atoms with Crippen LogP contribution in [0.2, 0.25) is 0 Å². The van der Waals surface area contributed by atoms with Gasteiger partial charge < -0.3 is 8.83 Å². The highest BCUT2D eigenvalue weighted by molar-refractivity contribution is 5.87. The van der Waals surface area contributed by atoms with Crippen LogP contribution in [0.25, 0.3) is 80.2 Å². The molecule has 2 atom stereocenters. The molecule has 11 rings (SSSR count). The van der Waals surface area contributed by atoms with E-state index in [0.29, 0.717) is 23.6 Å². The highest BCUT2D eigenvalue weighted by Gasteiger charge is 2.46. The molecule has 10 nitrogen and oxygen atoms in total. The van der Waals surface area contributed by atoms with Crippen molar-refractivity contribution in [1.29, 1.82) is 0 Å². The van der Waals surface area contributed by atoms with Crippen molar-refractivity contribution in [3.05, 3.63) is 155 Å². The van der Waals surface area contributed by atoms with E-state index in [1.54, 1.807) is 13.8 Å². The molecule has 9 aromatic rings. The van der Waals surface area contributed by atoms with Crippen LogP contribution in [-0.2, 0) is 5.41 Å². The fourth-order valence-electron chi connectivity index (χ4n) is 8.79. The number of aromatic nitrogens is 8. The molecule has 4 heterocycles. The van der Waals surface area contributed by atoms with Crippen molar-refractivity contribution in [1.82, 2.24) is 39.5 Å². The molecule has 0 saturated carbocycles. The summed E-state index contributed by atoms with van der Waals surface area (Å²) in [5.74, 6) is 4.16. The summed E-state index contributed by atoms with van der Waals surface area (Å²) in [6.45, 7) is 8.35. The molecule has 10 heteroatoms. The van der Waals surface area contributed by atoms with Crippen LogP contribution in [0.1, 0.15) is 42.7 Å². The van der Waals surface area contributed by atoms with Gasteiger partial charge in [-0.2, -0.15) is 0 Å². The molecule has 276 valence electrons. The first-order valence-electron chi connectivity index (χ1n) is 19.1. The molecule has 0 bridgehead atoms. The van der Waals surface area contributed by atoms with Crippen LogP contribution in [0.5, 0.6) is 0 Å². The number of fused-ring (bicyclic) bond motifs is 5. The molecular formula is C47H36N8O2. The average molecular weight is 745 g/mol. The molecule has 2 aliphatic rings. The van der Waals surface area contributed by atoms with E-state index in [9.17, 15) is 0 Å². The van der Waals surface area contributed by atoms with Crippen LogP contribution >= 0.6 is 0 Å². The van der Waals surface area contributed by atoms with Crippen molar-refractivity contribution < 1.29 is 8.83 Å². The largest absolute Gasteiger partial charge is 0.421 e. The van der Waals surface area contributed by atoms with E-state index in [1.165, 1.54) is 11.1 Å². The number of aryl methyl sites for hydroxylation is 2. The Labute approximate surface area is 327 Å². The number of hydrogen-bond acceptors (Lipinski definition) is 8. The molecule has 2 aliphatic carbocycles. The van der Waals surface area contributed by atoms with Gasteiger partial charge in [0.1, 0.15) is 11.6 Å². The molecule has 0 aliphatic heterocycles. The minimum atomic E-state index is -0.187. The second-order valence-corrected chi connectivity index (χ2v) is 15.4. The highest BCUT2D eigenvalue weighted by Crippen LogP contribution is 2.54. The second-order valence-electron chi connectivity index (χ2n) is 15.4. The van der Waals surface area contributed by atoms with Gasteiger partial charge >= 0.3 is 0 Å². The lowest BCUT2D eigenvalue weighted by atomic mass is 9.74. The van der Waals surface area contributed by atoms with Gasteiger partial charge in [0, 0.05) is 53.4 Å². The normalized spacial score (nSPS) is 16.5. The number of imidazole rings is 2. The first-order valence-corrected chi connectivity index (χ1v) is 19.1. The Kier molecular flexibility index (Phi) is 7.22. The standard InChI is InChI=1S/C47H36N8O2/c1-27-50-52-45(56-27)31-19-15-29(16-20-31)43-48-39-23-35-36-24-40-42(26-38(36)47(3,4)37(35)25-41(39)54(43)33-11-7-5-8-12-33)55(34-13-9-6-10-14-34)44(49-40)30-17-21-32(22-18-30)46-53-51-28(2)57-46/h5-26,35,37H,1-4H3. The minimum absolute atomic E-state index is 0.129. The van der Waals surface area contributed by atoms with E-state index in [4.69, 9.17) is 18.8 Å². The summed E-state index contributed by atoms with van der Waals surface area (Å²) < 4.78 is 16.0. The zero-order valence-corrected chi connectivity index (χ0v) is 31.8. The summed E-state index contributed by atoms with van der Waals surface area (Å²) >= 11 is 0. The predicted octanol–water partition coefficient (Wildman–Crippen LogP) is 8.53. The zero-order chi connectivity index (χ0) is 38.4. The number of nitrogens with zero attached hydrogens (tertiary/aromatic N) is 8. The monoisotopic (exact) mass is 744 g/mol. The summed E-state index contributed by atoms with van der Waals surface area (Å²) in [5, 5.41) is 18.5. The number of benzene rings is 5. The molecule has 0 fully saturated rings. The van der Waals surface area contributed by atoms with E-state index in [1.807, 2.05) is 36.4 Å². The SMILES string of the molecule is Cc1nnc(-c2ccc(-c3nc4c(n3-c3ccccc3)=CC3C(C=4)c4cc5nc(-c6ccc(-c7nnc(C)o7)cc6)n(-c6ccccc6)c5cc4C3(C)C)cc2)o1. The fourth-order valence-corrected chi connectivity index (χ4v) is 8.79. The predicted molar refractivity (Wildman–Crippen MR) is 219 cm³/mol. The van der Waals surface area contributed by atoms with E-state index in [2.05, 4.69) is 140 Å². The summed E-state index contributed by atoms with van der Waals surface area (Å²) in [6.07, 6.45) is 4.84. The Morgan fingerprint density at radius 1 is 0.561 bits per heavy atom. The van der Waals surface area contributed by atoms with Gasteiger partial charge in [-0.1, -0.05) is 80.6 Å². The lowest BCUT2D eigenvalue weighted by Gasteiger charge is -2.29. The molecule has 2 unspecified atom stereocenters. The van der Waals surface area contributed by atoms with Crippen molar-refractivity contribution in [3.63, 3.8) is 0 Å². The summed E-state index contributed by atoms with van der Waals surface area (Å²) in [6, 6.07) is 42.1. The van der Waals surface area contributed by atoms with E-state index in [-0.39, 0.29) is 17.3 Å². The van der Waals surface area contributed by atoms with Crippen molar-refractivity contribution in [2.75, 3.05) is 0 Å². The Morgan fingerprint density at radius 2 is 1.09 bits per heavy atom. The summed E-state index contributed by atoms with van der Waals surface area (Å²) in [5.41, 5.74) is 10.3. The maximum Gasteiger partial charge on any atom is 0.247 e. The molecule has 0 N–H and O–H groups in total. The maximum absolute atomic E-state index is 5.70. The molecule has 0 radical (unpaired) electrons. The van der Waals surface area contributed by atoms with Crippen molar-refractivity contribution in [2.24, 2.45) is 5.92 Å². The van der Waals surface area contributed by atoms with Crippen LogP contribution in [0, 0.1) is 19.8 Å². The molecule has 0 saturated heterocycles. The molecule has 57 heavy (non-hydrogen) atoms. The van der Waals surface area contributed by atoms with Gasteiger partial charge in [-0.3, -0.25) is 9.13 Å². The van der Waals surface area contributed by atoms with E-state index in [0.717, 1.165) is 67.0 Å². The van der Waals surface area contributed by atoms with Crippen molar-refractivity contribution >= 4 is 23.2 Å². The topological polar surface area (TPSA) is 113 Å². The fraction of sp³-hybridized carbons (Fsp3) is 0.149. The molecular weight excluding hydrogens is 709 g/mol.